The fraction of sp³-hybridized carbons (Fsp3) is 0.333. The van der Waals surface area contributed by atoms with Crippen LogP contribution in [-0.4, -0.2) is 10.9 Å². The molecule has 1 heterocycles. The van der Waals surface area contributed by atoms with E-state index in [1.54, 1.807) is 12.4 Å². The number of ether oxygens (including phenoxy) is 1. The monoisotopic (exact) mass is 298 g/mol. The number of hydrogen-bond donors (Lipinski definition) is 1. The first-order valence-corrected chi connectivity index (χ1v) is 7.57. The van der Waals surface area contributed by atoms with Crippen LogP contribution in [0.5, 0.6) is 5.75 Å². The predicted octanol–water partition coefficient (Wildman–Crippen LogP) is 3.32. The third-order valence-electron chi connectivity index (χ3n) is 3.58. The van der Waals surface area contributed by atoms with E-state index in [4.69, 9.17) is 4.74 Å². The number of aromatic nitrogens is 1. The Morgan fingerprint density at radius 2 is 2.00 bits per heavy atom. The second-order valence-electron chi connectivity index (χ2n) is 5.32. The molecule has 0 unspecified atom stereocenters. The van der Waals surface area contributed by atoms with Crippen LogP contribution in [0.2, 0.25) is 0 Å². The molecular formula is C18H22N2O2. The molecule has 1 aromatic carbocycles. The molecule has 0 aliphatic rings. The quantitative estimate of drug-likeness (QED) is 0.853. The van der Waals surface area contributed by atoms with Crippen LogP contribution in [0.15, 0.2) is 48.8 Å². The first-order chi connectivity index (χ1) is 10.7. The van der Waals surface area contributed by atoms with Crippen molar-refractivity contribution in [1.82, 2.24) is 10.3 Å². The molecule has 1 N–H and O–H groups in total. The lowest BCUT2D eigenvalue weighted by Crippen LogP contribution is -2.28. The van der Waals surface area contributed by atoms with Crippen molar-refractivity contribution >= 4 is 5.91 Å². The van der Waals surface area contributed by atoms with Crippen LogP contribution in [0.3, 0.4) is 0 Å². The van der Waals surface area contributed by atoms with E-state index in [1.807, 2.05) is 50.2 Å². The van der Waals surface area contributed by atoms with Crippen LogP contribution in [0.1, 0.15) is 31.4 Å². The van der Waals surface area contributed by atoms with Gasteiger partial charge in [0.15, 0.2) is 0 Å². The van der Waals surface area contributed by atoms with Crippen molar-refractivity contribution < 1.29 is 9.53 Å². The average Bonchev–Trinajstić information content (AvgIpc) is 2.59. The van der Waals surface area contributed by atoms with Gasteiger partial charge in [-0.15, -0.1) is 0 Å². The number of rotatable bonds is 7. The van der Waals surface area contributed by atoms with E-state index in [2.05, 4.69) is 10.3 Å². The first-order valence-electron chi connectivity index (χ1n) is 7.57. The van der Waals surface area contributed by atoms with Crippen molar-refractivity contribution in [2.24, 2.45) is 5.92 Å². The predicted molar refractivity (Wildman–Crippen MR) is 86.3 cm³/mol. The van der Waals surface area contributed by atoms with Crippen molar-refractivity contribution in [2.75, 3.05) is 0 Å². The number of nitrogens with zero attached hydrogens (tertiary/aromatic N) is 1. The molecule has 4 heteroatoms. The van der Waals surface area contributed by atoms with Gasteiger partial charge in [-0.25, -0.2) is 0 Å². The average molecular weight is 298 g/mol. The van der Waals surface area contributed by atoms with E-state index in [1.165, 1.54) is 0 Å². The maximum Gasteiger partial charge on any atom is 0.223 e. The van der Waals surface area contributed by atoms with Crippen LogP contribution in [-0.2, 0) is 17.9 Å². The summed E-state index contributed by atoms with van der Waals surface area (Å²) in [5.74, 6) is 0.961. The lowest BCUT2D eigenvalue weighted by Gasteiger charge is -2.10. The molecular weight excluding hydrogens is 276 g/mol. The molecule has 0 bridgehead atoms. The summed E-state index contributed by atoms with van der Waals surface area (Å²) in [6.07, 6.45) is 4.39. The largest absolute Gasteiger partial charge is 0.489 e. The van der Waals surface area contributed by atoms with Crippen molar-refractivity contribution in [1.29, 1.82) is 0 Å². The lowest BCUT2D eigenvalue weighted by molar-refractivity contribution is -0.124. The smallest absolute Gasteiger partial charge is 0.223 e. The molecule has 0 fully saturated rings. The zero-order valence-electron chi connectivity index (χ0n) is 13.1. The van der Waals surface area contributed by atoms with Crippen LogP contribution >= 0.6 is 0 Å². The van der Waals surface area contributed by atoms with Gasteiger partial charge in [-0.2, -0.15) is 0 Å². The summed E-state index contributed by atoms with van der Waals surface area (Å²) in [4.78, 5) is 15.8. The number of pyridine rings is 1. The molecule has 2 rings (SSSR count). The van der Waals surface area contributed by atoms with Crippen molar-refractivity contribution in [3.8, 4) is 5.75 Å². The zero-order chi connectivity index (χ0) is 15.8. The van der Waals surface area contributed by atoms with Crippen LogP contribution < -0.4 is 10.1 Å². The van der Waals surface area contributed by atoms with E-state index in [9.17, 15) is 4.79 Å². The Hall–Kier alpha value is -2.36. The fourth-order valence-corrected chi connectivity index (χ4v) is 1.90. The number of nitrogens with one attached hydrogen (secondary N) is 1. The number of hydrogen-bond acceptors (Lipinski definition) is 3. The van der Waals surface area contributed by atoms with E-state index >= 15 is 0 Å². The van der Waals surface area contributed by atoms with Crippen LogP contribution in [0.4, 0.5) is 0 Å². The third kappa shape index (κ3) is 4.88. The number of benzene rings is 1. The second kappa shape index (κ2) is 8.17. The number of carbonyl (C=O) groups is 1. The molecule has 4 nitrogen and oxygen atoms in total. The molecule has 0 spiro atoms. The number of carbonyl (C=O) groups excluding carboxylic acids is 1. The van der Waals surface area contributed by atoms with Crippen molar-refractivity contribution in [3.63, 3.8) is 0 Å². The molecule has 1 amide bonds. The minimum Gasteiger partial charge on any atom is -0.489 e. The highest BCUT2D eigenvalue weighted by Crippen LogP contribution is 2.14. The summed E-state index contributed by atoms with van der Waals surface area (Å²) < 4.78 is 5.70. The van der Waals surface area contributed by atoms with Crippen molar-refractivity contribution in [3.05, 3.63) is 59.9 Å². The molecule has 0 aliphatic heterocycles. The maximum atomic E-state index is 11.7. The molecule has 2 aromatic rings. The molecule has 0 saturated carbocycles. The molecule has 22 heavy (non-hydrogen) atoms. The fourth-order valence-electron chi connectivity index (χ4n) is 1.90. The first kappa shape index (κ1) is 16.0. The summed E-state index contributed by atoms with van der Waals surface area (Å²) in [7, 11) is 0. The van der Waals surface area contributed by atoms with E-state index < -0.39 is 0 Å². The van der Waals surface area contributed by atoms with Gasteiger partial charge >= 0.3 is 0 Å². The zero-order valence-corrected chi connectivity index (χ0v) is 13.1. The van der Waals surface area contributed by atoms with E-state index in [0.717, 1.165) is 23.3 Å². The van der Waals surface area contributed by atoms with E-state index in [0.29, 0.717) is 13.2 Å². The van der Waals surface area contributed by atoms with Gasteiger partial charge in [0.05, 0.1) is 0 Å². The third-order valence-corrected chi connectivity index (χ3v) is 3.58. The van der Waals surface area contributed by atoms with Gasteiger partial charge in [-0.05, 0) is 30.2 Å². The standard InChI is InChI=1S/C18H22N2O2/c1-3-14(2)18(21)20-12-15-6-8-17(9-7-15)22-13-16-5-4-10-19-11-16/h4-11,14H,3,12-13H2,1-2H3,(H,20,21)/t14-/m0/s1. The number of amides is 1. The molecule has 0 aliphatic carbocycles. The normalized spacial score (nSPS) is 11.7. The maximum absolute atomic E-state index is 11.7. The van der Waals surface area contributed by atoms with Crippen molar-refractivity contribution in [2.45, 2.75) is 33.4 Å². The molecule has 0 saturated heterocycles. The Morgan fingerprint density at radius 1 is 1.23 bits per heavy atom. The second-order valence-corrected chi connectivity index (χ2v) is 5.32. The summed E-state index contributed by atoms with van der Waals surface area (Å²) >= 11 is 0. The summed E-state index contributed by atoms with van der Waals surface area (Å²) in [5, 5.41) is 2.94. The van der Waals surface area contributed by atoms with Gasteiger partial charge < -0.3 is 10.1 Å². The lowest BCUT2D eigenvalue weighted by atomic mass is 10.1. The molecule has 1 aromatic heterocycles. The molecule has 1 atom stereocenters. The highest BCUT2D eigenvalue weighted by Gasteiger charge is 2.09. The van der Waals surface area contributed by atoms with Gasteiger partial charge in [-0.1, -0.05) is 32.0 Å². The summed E-state index contributed by atoms with van der Waals surface area (Å²) in [5.41, 5.74) is 2.10. The van der Waals surface area contributed by atoms with Gasteiger partial charge in [0, 0.05) is 30.4 Å². The summed E-state index contributed by atoms with van der Waals surface area (Å²) in [6.45, 7) is 4.99. The Kier molecular flexibility index (Phi) is 5.95. The van der Waals surface area contributed by atoms with Gasteiger partial charge in [0.25, 0.3) is 0 Å². The highest BCUT2D eigenvalue weighted by molar-refractivity contribution is 5.78. The molecule has 0 radical (unpaired) electrons. The Labute approximate surface area is 131 Å². The Bertz CT molecular complexity index is 582. The van der Waals surface area contributed by atoms with E-state index in [-0.39, 0.29) is 11.8 Å². The Morgan fingerprint density at radius 3 is 2.64 bits per heavy atom. The minimum atomic E-state index is 0.0575. The topological polar surface area (TPSA) is 51.2 Å². The van der Waals surface area contributed by atoms with Crippen LogP contribution in [0, 0.1) is 5.92 Å². The minimum absolute atomic E-state index is 0.0575. The Balaban J connectivity index is 1.81. The SMILES string of the molecule is CC[C@H](C)C(=O)NCc1ccc(OCc2cccnc2)cc1. The molecule has 116 valence electrons. The highest BCUT2D eigenvalue weighted by atomic mass is 16.5. The van der Waals surface area contributed by atoms with Crippen LogP contribution in [0.25, 0.3) is 0 Å². The van der Waals surface area contributed by atoms with Gasteiger partial charge in [0.1, 0.15) is 12.4 Å². The van der Waals surface area contributed by atoms with Gasteiger partial charge in [0.2, 0.25) is 5.91 Å². The van der Waals surface area contributed by atoms with Gasteiger partial charge in [-0.3, -0.25) is 9.78 Å². The summed E-state index contributed by atoms with van der Waals surface area (Å²) in [6, 6.07) is 11.6.